The second-order valence-corrected chi connectivity index (χ2v) is 4.45. The fourth-order valence-corrected chi connectivity index (χ4v) is 2.16. The van der Waals surface area contributed by atoms with Crippen LogP contribution < -0.4 is 0 Å². The Labute approximate surface area is 101 Å². The lowest BCUT2D eigenvalue weighted by Gasteiger charge is -2.18. The van der Waals surface area contributed by atoms with Crippen LogP contribution in [-0.2, 0) is 0 Å². The minimum absolute atomic E-state index is 0.234. The average molecular weight is 240 g/mol. The van der Waals surface area contributed by atoms with E-state index in [0.717, 1.165) is 18.4 Å². The normalized spacial score (nSPS) is 14.2. The summed E-state index contributed by atoms with van der Waals surface area (Å²) in [5, 5.41) is 9.51. The van der Waals surface area contributed by atoms with Gasteiger partial charge in [-0.15, -0.1) is 0 Å². The van der Waals surface area contributed by atoms with Crippen LogP contribution >= 0.6 is 11.6 Å². The number of halogens is 2. The molecule has 0 aliphatic heterocycles. The lowest BCUT2D eigenvalue weighted by atomic mass is 9.85. The second-order valence-electron chi connectivity index (χ2n) is 4.04. The van der Waals surface area contributed by atoms with Crippen molar-refractivity contribution in [2.45, 2.75) is 32.6 Å². The van der Waals surface area contributed by atoms with Gasteiger partial charge in [0.2, 0.25) is 0 Å². The highest BCUT2D eigenvalue weighted by atomic mass is 35.5. The maximum Gasteiger partial charge on any atom is 0.124 e. The van der Waals surface area contributed by atoms with E-state index in [4.69, 9.17) is 16.9 Å². The van der Waals surface area contributed by atoms with E-state index in [2.05, 4.69) is 13.0 Å². The van der Waals surface area contributed by atoms with Crippen molar-refractivity contribution in [3.63, 3.8) is 0 Å². The molecule has 0 spiro atoms. The van der Waals surface area contributed by atoms with Crippen LogP contribution in [0.3, 0.4) is 0 Å². The molecule has 0 bridgehead atoms. The van der Waals surface area contributed by atoms with Crippen LogP contribution in [0.1, 0.15) is 38.2 Å². The SMILES string of the molecule is CCCC(C)C(C#N)c1ccc(F)cc1Cl. The van der Waals surface area contributed by atoms with E-state index in [1.54, 1.807) is 6.07 Å². The van der Waals surface area contributed by atoms with Crippen LogP contribution in [0.25, 0.3) is 0 Å². The van der Waals surface area contributed by atoms with Gasteiger partial charge in [-0.25, -0.2) is 4.39 Å². The smallest absolute Gasteiger partial charge is 0.124 e. The molecular formula is C13H15ClFN. The molecular weight excluding hydrogens is 225 g/mol. The molecule has 1 rings (SSSR count). The van der Waals surface area contributed by atoms with Gasteiger partial charge < -0.3 is 0 Å². The molecule has 0 aromatic heterocycles. The predicted octanol–water partition coefficient (Wildman–Crippen LogP) is 4.52. The molecule has 1 aromatic carbocycles. The van der Waals surface area contributed by atoms with E-state index in [-0.39, 0.29) is 17.7 Å². The molecule has 0 heterocycles. The number of hydrogen-bond acceptors (Lipinski definition) is 1. The number of nitrogens with zero attached hydrogens (tertiary/aromatic N) is 1. The molecule has 0 aliphatic rings. The highest BCUT2D eigenvalue weighted by Gasteiger charge is 2.20. The molecule has 2 atom stereocenters. The van der Waals surface area contributed by atoms with Crippen molar-refractivity contribution in [1.29, 1.82) is 5.26 Å². The third kappa shape index (κ3) is 2.96. The first-order valence-electron chi connectivity index (χ1n) is 5.44. The molecule has 0 radical (unpaired) electrons. The Morgan fingerprint density at radius 3 is 2.69 bits per heavy atom. The van der Waals surface area contributed by atoms with E-state index in [9.17, 15) is 4.39 Å². The maximum atomic E-state index is 12.9. The van der Waals surface area contributed by atoms with Crippen LogP contribution in [0.2, 0.25) is 5.02 Å². The van der Waals surface area contributed by atoms with Gasteiger partial charge in [-0.05, 0) is 30.0 Å². The predicted molar refractivity (Wildman–Crippen MR) is 63.8 cm³/mol. The summed E-state index contributed by atoms with van der Waals surface area (Å²) in [4.78, 5) is 0. The van der Waals surface area contributed by atoms with Crippen molar-refractivity contribution in [3.05, 3.63) is 34.6 Å². The third-order valence-electron chi connectivity index (χ3n) is 2.75. The molecule has 3 heteroatoms. The van der Waals surface area contributed by atoms with Crippen LogP contribution in [-0.4, -0.2) is 0 Å². The van der Waals surface area contributed by atoms with Gasteiger partial charge in [0.05, 0.1) is 12.0 Å². The first-order chi connectivity index (χ1) is 7.60. The van der Waals surface area contributed by atoms with Crippen molar-refractivity contribution in [1.82, 2.24) is 0 Å². The molecule has 16 heavy (non-hydrogen) atoms. The van der Waals surface area contributed by atoms with Crippen molar-refractivity contribution in [3.8, 4) is 6.07 Å². The highest BCUT2D eigenvalue weighted by Crippen LogP contribution is 2.32. The molecule has 0 aliphatic carbocycles. The molecule has 0 N–H and O–H groups in total. The fourth-order valence-electron chi connectivity index (χ4n) is 1.88. The third-order valence-corrected chi connectivity index (χ3v) is 3.08. The topological polar surface area (TPSA) is 23.8 Å². The largest absolute Gasteiger partial charge is 0.207 e. The van der Waals surface area contributed by atoms with Gasteiger partial charge in [-0.2, -0.15) is 5.26 Å². The summed E-state index contributed by atoms with van der Waals surface area (Å²) >= 11 is 5.96. The maximum absolute atomic E-state index is 12.9. The fraction of sp³-hybridized carbons (Fsp3) is 0.462. The quantitative estimate of drug-likeness (QED) is 0.758. The second kappa shape index (κ2) is 5.86. The minimum atomic E-state index is -0.367. The van der Waals surface area contributed by atoms with Gasteiger partial charge in [0.25, 0.3) is 0 Å². The summed E-state index contributed by atoms with van der Waals surface area (Å²) in [5.41, 5.74) is 0.728. The Hall–Kier alpha value is -1.07. The summed E-state index contributed by atoms with van der Waals surface area (Å²) in [6, 6.07) is 6.48. The average Bonchev–Trinajstić information content (AvgIpc) is 2.22. The van der Waals surface area contributed by atoms with Gasteiger partial charge in [0.1, 0.15) is 5.82 Å². The van der Waals surface area contributed by atoms with E-state index in [1.165, 1.54) is 12.1 Å². The van der Waals surface area contributed by atoms with Gasteiger partial charge in [0, 0.05) is 5.02 Å². The van der Waals surface area contributed by atoms with Gasteiger partial charge in [-0.1, -0.05) is 37.9 Å². The zero-order valence-corrected chi connectivity index (χ0v) is 10.3. The summed E-state index contributed by atoms with van der Waals surface area (Å²) in [6.45, 7) is 4.11. The Kier molecular flexibility index (Phi) is 4.76. The van der Waals surface area contributed by atoms with Gasteiger partial charge >= 0.3 is 0 Å². The van der Waals surface area contributed by atoms with Crippen LogP contribution in [0.4, 0.5) is 4.39 Å². The van der Waals surface area contributed by atoms with Crippen LogP contribution in [0.15, 0.2) is 18.2 Å². The van der Waals surface area contributed by atoms with E-state index >= 15 is 0 Å². The summed E-state index contributed by atoms with van der Waals surface area (Å²) in [6.07, 6.45) is 1.99. The first kappa shape index (κ1) is 13.0. The molecule has 0 fully saturated rings. The Balaban J connectivity index is 3.00. The highest BCUT2D eigenvalue weighted by molar-refractivity contribution is 6.31. The van der Waals surface area contributed by atoms with E-state index < -0.39 is 0 Å². The Morgan fingerprint density at radius 1 is 1.50 bits per heavy atom. The molecule has 1 nitrogen and oxygen atoms in total. The van der Waals surface area contributed by atoms with E-state index in [1.807, 2.05) is 6.92 Å². The first-order valence-corrected chi connectivity index (χ1v) is 5.82. The number of benzene rings is 1. The van der Waals surface area contributed by atoms with Crippen molar-refractivity contribution < 1.29 is 4.39 Å². The van der Waals surface area contributed by atoms with Crippen molar-refractivity contribution in [2.24, 2.45) is 5.92 Å². The zero-order valence-electron chi connectivity index (χ0n) is 9.50. The number of rotatable bonds is 4. The molecule has 86 valence electrons. The summed E-state index contributed by atoms with van der Waals surface area (Å²) in [5.74, 6) is -0.389. The molecule has 1 aromatic rings. The Bertz CT molecular complexity index is 397. The van der Waals surface area contributed by atoms with Gasteiger partial charge in [0.15, 0.2) is 0 Å². The van der Waals surface area contributed by atoms with Crippen molar-refractivity contribution in [2.75, 3.05) is 0 Å². The molecule has 0 saturated heterocycles. The number of hydrogen-bond donors (Lipinski definition) is 0. The minimum Gasteiger partial charge on any atom is -0.207 e. The molecule has 0 amide bonds. The summed E-state index contributed by atoms with van der Waals surface area (Å²) in [7, 11) is 0. The van der Waals surface area contributed by atoms with Gasteiger partial charge in [-0.3, -0.25) is 0 Å². The Morgan fingerprint density at radius 2 is 2.19 bits per heavy atom. The van der Waals surface area contributed by atoms with Crippen LogP contribution in [0, 0.1) is 23.1 Å². The van der Waals surface area contributed by atoms with E-state index in [0.29, 0.717) is 5.02 Å². The number of nitriles is 1. The molecule has 2 unspecified atom stereocenters. The summed E-state index contributed by atoms with van der Waals surface area (Å²) < 4.78 is 12.9. The van der Waals surface area contributed by atoms with Crippen LogP contribution in [0.5, 0.6) is 0 Å². The standard InChI is InChI=1S/C13H15ClFN/c1-3-4-9(2)12(8-16)11-6-5-10(15)7-13(11)14/h5-7,9,12H,3-4H2,1-2H3. The lowest BCUT2D eigenvalue weighted by molar-refractivity contribution is 0.483. The molecule has 0 saturated carbocycles. The van der Waals surface area contributed by atoms with Crippen molar-refractivity contribution >= 4 is 11.6 Å². The lowest BCUT2D eigenvalue weighted by Crippen LogP contribution is -2.08. The zero-order chi connectivity index (χ0) is 12.1. The monoisotopic (exact) mass is 239 g/mol.